The molecular formula is C8H26N4Si4. The summed E-state index contributed by atoms with van der Waals surface area (Å²) < 4.78 is 14.3. The Morgan fingerprint density at radius 2 is 1.69 bits per heavy atom. The first-order valence-electron chi connectivity index (χ1n) is 5.89. The smallest absolute Gasteiger partial charge is 0.234 e. The largest absolute Gasteiger partial charge is 0.425 e. The van der Waals surface area contributed by atoms with Gasteiger partial charge >= 0.3 is 0 Å². The average molecular weight is 291 g/mol. The van der Waals surface area contributed by atoms with Crippen LogP contribution in [0.3, 0.4) is 0 Å². The minimum absolute atomic E-state index is 0.684. The lowest BCUT2D eigenvalue weighted by Gasteiger charge is -2.50. The minimum Gasteiger partial charge on any atom is -0.425 e. The van der Waals surface area contributed by atoms with Crippen LogP contribution in [0.5, 0.6) is 0 Å². The van der Waals surface area contributed by atoms with Gasteiger partial charge in [0.1, 0.15) is 0 Å². The molecule has 0 spiro atoms. The van der Waals surface area contributed by atoms with Gasteiger partial charge in [-0.25, -0.2) is 0 Å². The molecule has 0 aliphatic carbocycles. The van der Waals surface area contributed by atoms with E-state index >= 15 is 0 Å². The lowest BCUT2D eigenvalue weighted by molar-refractivity contribution is 0.620. The Kier molecular flexibility index (Phi) is 4.13. The van der Waals surface area contributed by atoms with E-state index in [4.69, 9.17) is 4.30 Å². The summed E-state index contributed by atoms with van der Waals surface area (Å²) in [6.45, 7) is 14.4. The number of hydrogen-bond donors (Lipinski definition) is 1. The van der Waals surface area contributed by atoms with Crippen molar-refractivity contribution in [2.75, 3.05) is 14.1 Å². The van der Waals surface area contributed by atoms with Crippen molar-refractivity contribution >= 4 is 34.7 Å². The lowest BCUT2D eigenvalue weighted by Crippen LogP contribution is -2.73. The zero-order valence-electron chi connectivity index (χ0n) is 11.9. The van der Waals surface area contributed by atoms with Gasteiger partial charge in [0, 0.05) is 0 Å². The molecule has 0 bridgehead atoms. The first kappa shape index (κ1) is 14.4. The molecule has 0 saturated heterocycles. The predicted octanol–water partition coefficient (Wildman–Crippen LogP) is 1.09. The molecule has 1 rings (SSSR count). The zero-order chi connectivity index (χ0) is 12.7. The Morgan fingerprint density at radius 1 is 1.19 bits per heavy atom. The van der Waals surface area contributed by atoms with Crippen molar-refractivity contribution in [2.45, 2.75) is 39.3 Å². The molecule has 0 aromatic carbocycles. The van der Waals surface area contributed by atoms with E-state index in [1.807, 2.05) is 0 Å². The van der Waals surface area contributed by atoms with Gasteiger partial charge < -0.3 is 17.4 Å². The monoisotopic (exact) mass is 290 g/mol. The summed E-state index contributed by atoms with van der Waals surface area (Å²) in [6, 6.07) is 0. The maximum absolute atomic E-state index is 5.13. The molecule has 1 aliphatic rings. The quantitative estimate of drug-likeness (QED) is 0.678. The van der Waals surface area contributed by atoms with Gasteiger partial charge in [-0.3, -0.25) is 0 Å². The molecule has 0 aromatic rings. The third kappa shape index (κ3) is 2.62. The number of nitrogens with one attached hydrogen (secondary N) is 1. The Labute approximate surface area is 106 Å². The number of rotatable bonds is 0. The van der Waals surface area contributed by atoms with Crippen LogP contribution in [0.4, 0.5) is 0 Å². The van der Waals surface area contributed by atoms with E-state index in [-0.39, 0.29) is 0 Å². The van der Waals surface area contributed by atoms with Crippen LogP contribution in [0.25, 0.3) is 0 Å². The standard InChI is InChI=1S/C8H26N4Si4/c1-11-14(4)9-13(3)10-15(5,6)12(2)16(11,7)8/h9,14H,1-8H3. The summed E-state index contributed by atoms with van der Waals surface area (Å²) >= 11 is 0. The van der Waals surface area contributed by atoms with E-state index < -0.39 is 34.7 Å². The topological polar surface area (TPSA) is 30.9 Å². The third-order valence-corrected chi connectivity index (χ3v) is 23.3. The second kappa shape index (κ2) is 4.57. The Morgan fingerprint density at radius 3 is 2.19 bits per heavy atom. The highest BCUT2D eigenvalue weighted by Crippen LogP contribution is 2.22. The van der Waals surface area contributed by atoms with Crippen LogP contribution in [-0.2, 0) is 0 Å². The molecular weight excluding hydrogens is 264 g/mol. The second-order valence-electron chi connectivity index (χ2n) is 5.68. The number of hydrogen-bond acceptors (Lipinski definition) is 4. The summed E-state index contributed by atoms with van der Waals surface area (Å²) in [7, 11) is -0.0473. The van der Waals surface area contributed by atoms with Crippen LogP contribution in [0.15, 0.2) is 4.30 Å². The molecule has 94 valence electrons. The summed E-state index contributed by atoms with van der Waals surface area (Å²) in [6.07, 6.45) is 0. The highest BCUT2D eigenvalue weighted by atomic mass is 28.5. The van der Waals surface area contributed by atoms with Gasteiger partial charge in [0.05, 0.1) is 0 Å². The van der Waals surface area contributed by atoms with Crippen molar-refractivity contribution in [3.63, 3.8) is 0 Å². The van der Waals surface area contributed by atoms with E-state index in [9.17, 15) is 0 Å². The van der Waals surface area contributed by atoms with Crippen molar-refractivity contribution < 1.29 is 0 Å². The molecule has 4 nitrogen and oxygen atoms in total. The third-order valence-electron chi connectivity index (χ3n) is 3.94. The fourth-order valence-electron chi connectivity index (χ4n) is 2.30. The summed E-state index contributed by atoms with van der Waals surface area (Å²) in [5.74, 6) is 0. The van der Waals surface area contributed by atoms with Gasteiger partial charge in [-0.1, -0.05) is 0 Å². The van der Waals surface area contributed by atoms with E-state index in [2.05, 4.69) is 66.5 Å². The van der Waals surface area contributed by atoms with Crippen molar-refractivity contribution in [1.29, 1.82) is 0 Å². The van der Waals surface area contributed by atoms with Gasteiger partial charge in [-0.2, -0.15) is 0 Å². The fourth-order valence-corrected chi connectivity index (χ4v) is 22.2. The Bertz CT molecular complexity index is 304. The molecule has 1 unspecified atom stereocenters. The van der Waals surface area contributed by atoms with Crippen molar-refractivity contribution in [1.82, 2.24) is 13.1 Å². The van der Waals surface area contributed by atoms with Gasteiger partial charge in [-0.15, -0.1) is 0 Å². The van der Waals surface area contributed by atoms with Gasteiger partial charge in [0.25, 0.3) is 0 Å². The van der Waals surface area contributed by atoms with Crippen LogP contribution in [0.1, 0.15) is 0 Å². The maximum atomic E-state index is 5.13. The number of nitrogens with zero attached hydrogens (tertiary/aromatic N) is 3. The van der Waals surface area contributed by atoms with E-state index in [1.165, 1.54) is 0 Å². The summed E-state index contributed by atoms with van der Waals surface area (Å²) in [5, 5.41) is 0. The minimum atomic E-state index is -1.56. The van der Waals surface area contributed by atoms with Crippen LogP contribution in [0.2, 0.25) is 39.3 Å². The summed E-state index contributed by atoms with van der Waals surface area (Å²) in [5.41, 5.74) is 0. The fraction of sp³-hybridized carbons (Fsp3) is 1.00. The molecule has 1 N–H and O–H groups in total. The van der Waals surface area contributed by atoms with Crippen molar-refractivity contribution in [3.8, 4) is 0 Å². The van der Waals surface area contributed by atoms with Crippen LogP contribution >= 0.6 is 0 Å². The molecule has 8 heteroatoms. The SMILES string of the molecule is CN1[SiH](C)N[Si](C)=N[Si](C)(C)N(C)[Si]1(C)C. The van der Waals surface area contributed by atoms with Crippen molar-refractivity contribution in [3.05, 3.63) is 0 Å². The Balaban J connectivity index is 3.20. The molecule has 0 saturated carbocycles. The van der Waals surface area contributed by atoms with E-state index in [1.54, 1.807) is 0 Å². The second-order valence-corrected chi connectivity index (χ2v) is 20.0. The molecule has 0 amide bonds. The molecule has 0 radical (unpaired) electrons. The Hall–Kier alpha value is 0.388. The van der Waals surface area contributed by atoms with Gasteiger partial charge in [0.15, 0.2) is 17.5 Å². The van der Waals surface area contributed by atoms with Crippen LogP contribution < -0.4 is 4.65 Å². The lowest BCUT2D eigenvalue weighted by atomic mass is 11.6. The first-order chi connectivity index (χ1) is 7.09. The van der Waals surface area contributed by atoms with Gasteiger partial charge in [-0.05, 0) is 53.4 Å². The highest BCUT2D eigenvalue weighted by molar-refractivity contribution is 6.95. The normalized spacial score (nSPS) is 31.2. The van der Waals surface area contributed by atoms with E-state index in [0.29, 0.717) is 0 Å². The van der Waals surface area contributed by atoms with Gasteiger partial charge in [0.2, 0.25) is 17.1 Å². The predicted molar refractivity (Wildman–Crippen MR) is 80.7 cm³/mol. The molecule has 1 heterocycles. The van der Waals surface area contributed by atoms with E-state index in [0.717, 1.165) is 0 Å². The van der Waals surface area contributed by atoms with Crippen molar-refractivity contribution in [2.24, 2.45) is 4.30 Å². The molecule has 0 aromatic heterocycles. The highest BCUT2D eigenvalue weighted by Gasteiger charge is 2.44. The average Bonchev–Trinajstić information content (AvgIpc) is 2.12. The zero-order valence-corrected chi connectivity index (χ0v) is 16.1. The van der Waals surface area contributed by atoms with Crippen LogP contribution in [-0.4, -0.2) is 57.2 Å². The molecule has 0 fully saturated rings. The van der Waals surface area contributed by atoms with Crippen LogP contribution in [0, 0.1) is 0 Å². The molecule has 16 heavy (non-hydrogen) atoms. The maximum Gasteiger partial charge on any atom is 0.234 e. The summed E-state index contributed by atoms with van der Waals surface area (Å²) in [4.78, 5) is 0. The first-order valence-corrected chi connectivity index (χ1v) is 15.9. The molecule has 1 atom stereocenters. The molecule has 1 aliphatic heterocycles.